The van der Waals surface area contributed by atoms with Crippen molar-refractivity contribution in [1.82, 2.24) is 10.2 Å². The summed E-state index contributed by atoms with van der Waals surface area (Å²) < 4.78 is 4.56. The maximum absolute atomic E-state index is 11.7. The molecule has 0 fully saturated rings. The maximum Gasteiger partial charge on any atom is 0.358 e. The van der Waals surface area contributed by atoms with E-state index in [0.717, 1.165) is 0 Å². The molecule has 1 amide bonds. The third kappa shape index (κ3) is 3.90. The predicted octanol–water partition coefficient (Wildman–Crippen LogP) is 1.57. The van der Waals surface area contributed by atoms with E-state index < -0.39 is 5.97 Å². The molecule has 17 heavy (non-hydrogen) atoms. The van der Waals surface area contributed by atoms with Gasteiger partial charge in [0.2, 0.25) is 5.91 Å². The van der Waals surface area contributed by atoms with Gasteiger partial charge in [0, 0.05) is 6.42 Å². The number of esters is 1. The fraction of sp³-hybridized carbons (Fsp3) is 0.545. The highest BCUT2D eigenvalue weighted by atomic mass is 16.5. The van der Waals surface area contributed by atoms with Crippen LogP contribution < -0.4 is 5.32 Å². The molecule has 0 aromatic carbocycles. The van der Waals surface area contributed by atoms with Gasteiger partial charge in [-0.1, -0.05) is 20.8 Å². The number of nitrogens with one attached hydrogen (secondary N) is 2. The molecule has 6 nitrogen and oxygen atoms in total. The minimum absolute atomic E-state index is 0.112. The molecule has 0 bridgehead atoms. The maximum atomic E-state index is 11.7. The first-order valence-electron chi connectivity index (χ1n) is 5.25. The van der Waals surface area contributed by atoms with Gasteiger partial charge in [-0.05, 0) is 5.41 Å². The van der Waals surface area contributed by atoms with Crippen LogP contribution in [0.2, 0.25) is 0 Å². The lowest BCUT2D eigenvalue weighted by atomic mass is 9.92. The summed E-state index contributed by atoms with van der Waals surface area (Å²) in [4.78, 5) is 23.0. The summed E-state index contributed by atoms with van der Waals surface area (Å²) >= 11 is 0. The molecule has 94 valence electrons. The Morgan fingerprint density at radius 3 is 2.65 bits per heavy atom. The Labute approximate surface area is 99.7 Å². The Morgan fingerprint density at radius 2 is 2.12 bits per heavy atom. The number of H-pyrrole nitrogens is 1. The van der Waals surface area contributed by atoms with Crippen LogP contribution in [0.1, 0.15) is 37.7 Å². The van der Waals surface area contributed by atoms with Gasteiger partial charge in [0.25, 0.3) is 0 Å². The molecule has 2 N–H and O–H groups in total. The average Bonchev–Trinajstić information content (AvgIpc) is 2.61. The largest absolute Gasteiger partial charge is 0.464 e. The van der Waals surface area contributed by atoms with E-state index in [4.69, 9.17) is 0 Å². The van der Waals surface area contributed by atoms with Gasteiger partial charge in [-0.15, -0.1) is 0 Å². The lowest BCUT2D eigenvalue weighted by Gasteiger charge is -2.16. The second kappa shape index (κ2) is 4.99. The molecule has 1 aromatic rings. The molecule has 0 aliphatic heterocycles. The number of nitrogens with zero attached hydrogens (tertiary/aromatic N) is 1. The molecule has 0 atom stereocenters. The van der Waals surface area contributed by atoms with Gasteiger partial charge in [0.1, 0.15) is 0 Å². The quantitative estimate of drug-likeness (QED) is 0.784. The molecule has 1 aromatic heterocycles. The van der Waals surface area contributed by atoms with Crippen LogP contribution in [0.25, 0.3) is 0 Å². The summed E-state index contributed by atoms with van der Waals surface area (Å²) in [5.41, 5.74) is 0.375. The highest BCUT2D eigenvalue weighted by Crippen LogP contribution is 2.20. The van der Waals surface area contributed by atoms with Gasteiger partial charge in [-0.2, -0.15) is 5.10 Å². The van der Waals surface area contributed by atoms with Gasteiger partial charge in [-0.3, -0.25) is 9.89 Å². The standard InChI is InChI=1S/C11H17N3O3/c1-11(2,3)5-8(15)13-7-6-12-14-9(7)10(16)17-4/h6H,5H2,1-4H3,(H,12,14)(H,13,15). The van der Waals surface area contributed by atoms with E-state index in [1.807, 2.05) is 20.8 Å². The zero-order valence-corrected chi connectivity index (χ0v) is 10.5. The van der Waals surface area contributed by atoms with Crippen LogP contribution in [0, 0.1) is 5.41 Å². The molecule has 0 spiro atoms. The van der Waals surface area contributed by atoms with Gasteiger partial charge in [-0.25, -0.2) is 4.79 Å². The number of anilines is 1. The molecule has 0 unspecified atom stereocenters. The summed E-state index contributed by atoms with van der Waals surface area (Å²) in [5.74, 6) is -0.724. The van der Waals surface area contributed by atoms with Crippen molar-refractivity contribution in [3.8, 4) is 0 Å². The molecular weight excluding hydrogens is 222 g/mol. The second-order valence-electron chi connectivity index (χ2n) is 4.94. The van der Waals surface area contributed by atoms with Crippen LogP contribution in [0.5, 0.6) is 0 Å². The van der Waals surface area contributed by atoms with E-state index in [-0.39, 0.29) is 17.0 Å². The molecule has 0 aliphatic carbocycles. The number of ether oxygens (including phenoxy) is 1. The summed E-state index contributed by atoms with van der Waals surface area (Å²) in [7, 11) is 1.27. The number of amides is 1. The molecule has 6 heteroatoms. The van der Waals surface area contributed by atoms with Crippen molar-refractivity contribution in [3.05, 3.63) is 11.9 Å². The van der Waals surface area contributed by atoms with E-state index in [1.165, 1.54) is 13.3 Å². The van der Waals surface area contributed by atoms with Crippen molar-refractivity contribution in [2.45, 2.75) is 27.2 Å². The van der Waals surface area contributed by atoms with Gasteiger partial charge < -0.3 is 10.1 Å². The molecule has 0 radical (unpaired) electrons. The Hall–Kier alpha value is -1.85. The van der Waals surface area contributed by atoms with Crippen LogP contribution in [0.3, 0.4) is 0 Å². The minimum Gasteiger partial charge on any atom is -0.464 e. The average molecular weight is 239 g/mol. The minimum atomic E-state index is -0.562. The van der Waals surface area contributed by atoms with E-state index in [0.29, 0.717) is 12.1 Å². The number of carbonyl (C=O) groups is 2. The van der Waals surface area contributed by atoms with E-state index in [1.54, 1.807) is 0 Å². The van der Waals surface area contributed by atoms with Crippen LogP contribution in [0.15, 0.2) is 6.20 Å². The monoisotopic (exact) mass is 239 g/mol. The second-order valence-corrected chi connectivity index (χ2v) is 4.94. The predicted molar refractivity (Wildman–Crippen MR) is 62.6 cm³/mol. The summed E-state index contributed by atoms with van der Waals surface area (Å²) in [6.07, 6.45) is 1.74. The lowest BCUT2D eigenvalue weighted by Crippen LogP contribution is -2.20. The summed E-state index contributed by atoms with van der Waals surface area (Å²) in [6, 6.07) is 0. The summed E-state index contributed by atoms with van der Waals surface area (Å²) in [6.45, 7) is 5.88. The van der Waals surface area contributed by atoms with Crippen LogP contribution in [0.4, 0.5) is 5.69 Å². The topological polar surface area (TPSA) is 84.1 Å². The Balaban J connectivity index is 2.72. The first-order chi connectivity index (χ1) is 7.83. The Kier molecular flexibility index (Phi) is 3.88. The molecular formula is C11H17N3O3. The third-order valence-corrected chi connectivity index (χ3v) is 1.99. The molecule has 0 saturated heterocycles. The zero-order valence-electron chi connectivity index (χ0n) is 10.5. The number of rotatable bonds is 3. The molecule has 0 saturated carbocycles. The number of hydrogen-bond acceptors (Lipinski definition) is 4. The van der Waals surface area contributed by atoms with Crippen molar-refractivity contribution >= 4 is 17.6 Å². The number of hydrogen-bond donors (Lipinski definition) is 2. The first-order valence-corrected chi connectivity index (χ1v) is 5.25. The van der Waals surface area contributed by atoms with Gasteiger partial charge >= 0.3 is 5.97 Å². The van der Waals surface area contributed by atoms with Crippen LogP contribution in [-0.2, 0) is 9.53 Å². The normalized spacial score (nSPS) is 11.1. The number of carbonyl (C=O) groups excluding carboxylic acids is 2. The summed E-state index contributed by atoms with van der Waals surface area (Å²) in [5, 5.41) is 8.81. The molecule has 1 heterocycles. The fourth-order valence-electron chi connectivity index (χ4n) is 1.31. The smallest absolute Gasteiger partial charge is 0.358 e. The molecule has 1 rings (SSSR count). The van der Waals surface area contributed by atoms with Crippen molar-refractivity contribution in [1.29, 1.82) is 0 Å². The van der Waals surface area contributed by atoms with Crippen LogP contribution >= 0.6 is 0 Å². The van der Waals surface area contributed by atoms with Crippen molar-refractivity contribution < 1.29 is 14.3 Å². The van der Waals surface area contributed by atoms with Crippen LogP contribution in [-0.4, -0.2) is 29.2 Å². The van der Waals surface area contributed by atoms with E-state index >= 15 is 0 Å². The van der Waals surface area contributed by atoms with Crippen molar-refractivity contribution in [2.24, 2.45) is 5.41 Å². The molecule has 0 aliphatic rings. The lowest BCUT2D eigenvalue weighted by molar-refractivity contribution is -0.117. The first kappa shape index (κ1) is 13.2. The number of aromatic amines is 1. The number of aromatic nitrogens is 2. The van der Waals surface area contributed by atoms with E-state index in [2.05, 4.69) is 20.3 Å². The SMILES string of the molecule is COC(=O)c1[nH]ncc1NC(=O)CC(C)(C)C. The van der Waals surface area contributed by atoms with Gasteiger partial charge in [0.15, 0.2) is 5.69 Å². The van der Waals surface area contributed by atoms with Crippen molar-refractivity contribution in [2.75, 3.05) is 12.4 Å². The van der Waals surface area contributed by atoms with Crippen molar-refractivity contribution in [3.63, 3.8) is 0 Å². The van der Waals surface area contributed by atoms with E-state index in [9.17, 15) is 9.59 Å². The van der Waals surface area contributed by atoms with Gasteiger partial charge in [0.05, 0.1) is 19.0 Å². The fourth-order valence-corrected chi connectivity index (χ4v) is 1.31. The third-order valence-electron chi connectivity index (χ3n) is 1.99. The highest BCUT2D eigenvalue weighted by molar-refractivity contribution is 5.99. The Morgan fingerprint density at radius 1 is 1.47 bits per heavy atom. The highest BCUT2D eigenvalue weighted by Gasteiger charge is 2.19. The number of methoxy groups -OCH3 is 1. The Bertz CT molecular complexity index is 418. The zero-order chi connectivity index (χ0) is 13.1.